The Kier molecular flexibility index (Phi) is 4.29. The first-order valence-corrected chi connectivity index (χ1v) is 10.4. The first kappa shape index (κ1) is 19.3. The molecular formula is C23H30O5. The van der Waals surface area contributed by atoms with Gasteiger partial charge in [0.2, 0.25) is 0 Å². The molecule has 2 N–H and O–H groups in total. The van der Waals surface area contributed by atoms with Crippen molar-refractivity contribution >= 4 is 12.6 Å². The predicted octanol–water partition coefficient (Wildman–Crippen LogP) is 4.83. The number of phenols is 2. The van der Waals surface area contributed by atoms with Gasteiger partial charge < -0.3 is 14.9 Å². The Bertz CT molecular complexity index is 838. The van der Waals surface area contributed by atoms with E-state index in [9.17, 15) is 19.8 Å². The highest BCUT2D eigenvalue weighted by molar-refractivity contribution is 5.95. The molecule has 0 saturated heterocycles. The molecule has 5 rings (SSSR count). The van der Waals surface area contributed by atoms with E-state index in [-0.39, 0.29) is 39.6 Å². The molecule has 3 fully saturated rings. The molecule has 5 heteroatoms. The van der Waals surface area contributed by atoms with Crippen LogP contribution in [0.2, 0.25) is 0 Å². The lowest BCUT2D eigenvalue weighted by molar-refractivity contribution is -0.199. The number of carbonyl (C=O) groups excluding carboxylic acids is 2. The van der Waals surface area contributed by atoms with Gasteiger partial charge in [-0.05, 0) is 55.3 Å². The maximum absolute atomic E-state index is 11.9. The average molecular weight is 386 g/mol. The highest BCUT2D eigenvalue weighted by Gasteiger charge is 2.64. The van der Waals surface area contributed by atoms with Gasteiger partial charge in [-0.1, -0.05) is 27.7 Å². The molecule has 3 aliphatic carbocycles. The Balaban J connectivity index is 1.91. The third-order valence-corrected chi connectivity index (χ3v) is 7.83. The molecule has 28 heavy (non-hydrogen) atoms. The number of carbonyl (C=O) groups is 2. The third-order valence-electron chi connectivity index (χ3n) is 7.83. The molecule has 4 aliphatic rings. The minimum atomic E-state index is -0.483. The second kappa shape index (κ2) is 6.23. The van der Waals surface area contributed by atoms with Gasteiger partial charge in [0, 0.05) is 11.5 Å². The molecule has 5 nitrogen and oxygen atoms in total. The highest BCUT2D eigenvalue weighted by atomic mass is 16.5. The van der Waals surface area contributed by atoms with Gasteiger partial charge in [-0.15, -0.1) is 0 Å². The highest BCUT2D eigenvalue weighted by Crippen LogP contribution is 2.67. The summed E-state index contributed by atoms with van der Waals surface area (Å²) in [7, 11) is 0. The van der Waals surface area contributed by atoms with Gasteiger partial charge in [-0.3, -0.25) is 9.59 Å². The topological polar surface area (TPSA) is 83.8 Å². The van der Waals surface area contributed by atoms with E-state index in [0.29, 0.717) is 35.9 Å². The monoisotopic (exact) mass is 386 g/mol. The van der Waals surface area contributed by atoms with Crippen molar-refractivity contribution in [3.63, 3.8) is 0 Å². The summed E-state index contributed by atoms with van der Waals surface area (Å²) in [5, 5.41) is 21.3. The molecule has 4 atom stereocenters. The summed E-state index contributed by atoms with van der Waals surface area (Å²) in [6.45, 7) is 8.86. The van der Waals surface area contributed by atoms with Crippen molar-refractivity contribution < 1.29 is 24.5 Å². The Labute approximate surface area is 166 Å². The van der Waals surface area contributed by atoms with E-state index in [1.54, 1.807) is 0 Å². The van der Waals surface area contributed by atoms with Crippen molar-refractivity contribution in [2.45, 2.75) is 71.3 Å². The van der Waals surface area contributed by atoms with E-state index in [1.165, 1.54) is 0 Å². The second-order valence-electron chi connectivity index (χ2n) is 10.0. The van der Waals surface area contributed by atoms with E-state index in [2.05, 4.69) is 27.7 Å². The zero-order chi connectivity index (χ0) is 20.4. The molecule has 2 bridgehead atoms. The fraction of sp³-hybridized carbons (Fsp3) is 0.652. The van der Waals surface area contributed by atoms with Gasteiger partial charge in [-0.2, -0.15) is 0 Å². The van der Waals surface area contributed by atoms with Crippen LogP contribution in [0.1, 0.15) is 92.0 Å². The van der Waals surface area contributed by atoms with E-state index >= 15 is 0 Å². The standard InChI is InChI=1S/C23H30O5/c1-12(2)7-13-9-23(6-5-14-8-17(23)22(14,3)4)28-21-16(11-25)19(26)15(10-24)20(27)18(13)21/h10-14,17,26-27H,5-9H2,1-4H3/t13-,14-,17+,23+/m1/s1. The Morgan fingerprint density at radius 1 is 1.14 bits per heavy atom. The summed E-state index contributed by atoms with van der Waals surface area (Å²) in [5.74, 6) is 1.02. The summed E-state index contributed by atoms with van der Waals surface area (Å²) in [4.78, 5) is 23.4. The summed E-state index contributed by atoms with van der Waals surface area (Å²) in [6, 6.07) is 0. The van der Waals surface area contributed by atoms with Gasteiger partial charge >= 0.3 is 0 Å². The molecule has 0 radical (unpaired) electrons. The van der Waals surface area contributed by atoms with Gasteiger partial charge in [0.1, 0.15) is 22.8 Å². The average Bonchev–Trinajstić information content (AvgIpc) is 2.61. The number of phenolic OH excluding ortho intramolecular Hbond substituents is 2. The van der Waals surface area contributed by atoms with Crippen molar-refractivity contribution in [1.82, 2.24) is 0 Å². The van der Waals surface area contributed by atoms with E-state index in [1.807, 2.05) is 0 Å². The molecule has 1 spiro atoms. The number of aromatic hydroxyl groups is 2. The summed E-state index contributed by atoms with van der Waals surface area (Å²) < 4.78 is 6.57. The number of fused-ring (bicyclic) bond motifs is 2. The van der Waals surface area contributed by atoms with Crippen molar-refractivity contribution in [3.8, 4) is 17.2 Å². The Morgan fingerprint density at radius 2 is 1.82 bits per heavy atom. The first-order valence-electron chi connectivity index (χ1n) is 10.4. The minimum absolute atomic E-state index is 0.0121. The number of rotatable bonds is 4. The number of hydrogen-bond acceptors (Lipinski definition) is 5. The SMILES string of the molecule is CC(C)C[C@@H]1C[C@]2(CC[C@@H]3C[C@H]2C3(C)C)Oc2c(C=O)c(O)c(C=O)c(O)c21. The molecule has 3 saturated carbocycles. The summed E-state index contributed by atoms with van der Waals surface area (Å²) in [6.07, 6.45) is 5.69. The first-order chi connectivity index (χ1) is 13.2. The molecule has 1 aromatic rings. The molecular weight excluding hydrogens is 356 g/mol. The smallest absolute Gasteiger partial charge is 0.157 e. The van der Waals surface area contributed by atoms with Crippen LogP contribution < -0.4 is 4.74 Å². The zero-order valence-corrected chi connectivity index (χ0v) is 17.1. The lowest BCUT2D eigenvalue weighted by Gasteiger charge is -2.66. The molecule has 1 heterocycles. The van der Waals surface area contributed by atoms with Crippen molar-refractivity contribution in [3.05, 3.63) is 16.7 Å². The van der Waals surface area contributed by atoms with Crippen LogP contribution >= 0.6 is 0 Å². The molecule has 1 aromatic carbocycles. The lowest BCUT2D eigenvalue weighted by atomic mass is 9.42. The Morgan fingerprint density at radius 3 is 2.36 bits per heavy atom. The molecule has 0 aromatic heterocycles. The van der Waals surface area contributed by atoms with Gasteiger partial charge in [0.25, 0.3) is 0 Å². The van der Waals surface area contributed by atoms with Crippen LogP contribution in [0.4, 0.5) is 0 Å². The van der Waals surface area contributed by atoms with Crippen LogP contribution in [0.3, 0.4) is 0 Å². The number of aldehydes is 2. The molecule has 1 aliphatic heterocycles. The number of benzene rings is 1. The van der Waals surface area contributed by atoms with Crippen LogP contribution in [0, 0.1) is 23.2 Å². The predicted molar refractivity (Wildman–Crippen MR) is 105 cm³/mol. The minimum Gasteiger partial charge on any atom is -0.507 e. The normalized spacial score (nSPS) is 32.4. The van der Waals surface area contributed by atoms with E-state index in [4.69, 9.17) is 4.74 Å². The largest absolute Gasteiger partial charge is 0.507 e. The van der Waals surface area contributed by atoms with Crippen LogP contribution in [0.25, 0.3) is 0 Å². The quantitative estimate of drug-likeness (QED) is 0.724. The molecule has 0 amide bonds. The number of hydrogen-bond donors (Lipinski definition) is 2. The van der Waals surface area contributed by atoms with Gasteiger partial charge in [0.15, 0.2) is 12.6 Å². The van der Waals surface area contributed by atoms with Crippen molar-refractivity contribution in [1.29, 1.82) is 0 Å². The van der Waals surface area contributed by atoms with Gasteiger partial charge in [0.05, 0.1) is 11.1 Å². The van der Waals surface area contributed by atoms with Crippen LogP contribution in [-0.2, 0) is 0 Å². The van der Waals surface area contributed by atoms with E-state index in [0.717, 1.165) is 32.1 Å². The van der Waals surface area contributed by atoms with Crippen molar-refractivity contribution in [2.24, 2.45) is 23.2 Å². The second-order valence-corrected chi connectivity index (χ2v) is 10.0. The molecule has 152 valence electrons. The Hall–Kier alpha value is -2.04. The van der Waals surface area contributed by atoms with Crippen molar-refractivity contribution in [2.75, 3.05) is 0 Å². The summed E-state index contributed by atoms with van der Waals surface area (Å²) in [5.41, 5.74) is 0.0839. The maximum Gasteiger partial charge on any atom is 0.157 e. The van der Waals surface area contributed by atoms with E-state index < -0.39 is 5.75 Å². The van der Waals surface area contributed by atoms with Crippen LogP contribution in [-0.4, -0.2) is 28.4 Å². The zero-order valence-electron chi connectivity index (χ0n) is 17.1. The third kappa shape index (κ3) is 2.44. The fourth-order valence-electron chi connectivity index (χ4n) is 6.36. The fourth-order valence-corrected chi connectivity index (χ4v) is 6.36. The van der Waals surface area contributed by atoms with Crippen LogP contribution in [0.15, 0.2) is 0 Å². The number of ether oxygens (including phenoxy) is 1. The molecule has 0 unspecified atom stereocenters. The summed E-state index contributed by atoms with van der Waals surface area (Å²) >= 11 is 0. The van der Waals surface area contributed by atoms with Gasteiger partial charge in [-0.25, -0.2) is 0 Å². The maximum atomic E-state index is 11.9. The lowest BCUT2D eigenvalue weighted by Crippen LogP contribution is -2.65. The van der Waals surface area contributed by atoms with Crippen LogP contribution in [0.5, 0.6) is 17.2 Å².